The first kappa shape index (κ1) is 15.4. The molecule has 7 nitrogen and oxygen atoms in total. The molecule has 3 aromatic heterocycles. The number of rotatable bonds is 6. The van der Waals surface area contributed by atoms with Gasteiger partial charge in [0.05, 0.1) is 17.4 Å². The highest BCUT2D eigenvalue weighted by atomic mass is 15.2. The zero-order valence-electron chi connectivity index (χ0n) is 14.0. The van der Waals surface area contributed by atoms with Crippen molar-refractivity contribution in [2.75, 3.05) is 16.4 Å². The van der Waals surface area contributed by atoms with Crippen LogP contribution in [0.4, 0.5) is 23.1 Å². The first-order valence-electron chi connectivity index (χ1n) is 8.45. The van der Waals surface area contributed by atoms with Crippen molar-refractivity contribution >= 4 is 23.1 Å². The number of hydrogen-bond acceptors (Lipinski definition) is 6. The third kappa shape index (κ3) is 3.55. The number of pyridine rings is 2. The molecule has 0 radical (unpaired) electrons. The van der Waals surface area contributed by atoms with Crippen LogP contribution in [0.1, 0.15) is 43.1 Å². The number of aromatic nitrogens is 4. The van der Waals surface area contributed by atoms with Crippen LogP contribution in [-0.2, 0) is 0 Å². The van der Waals surface area contributed by atoms with Crippen LogP contribution in [0.2, 0.25) is 0 Å². The molecule has 0 amide bonds. The van der Waals surface area contributed by atoms with Gasteiger partial charge in [0.1, 0.15) is 5.82 Å². The highest BCUT2D eigenvalue weighted by molar-refractivity contribution is 5.69. The number of nitrogens with two attached hydrogens (primary N) is 1. The third-order valence-electron chi connectivity index (χ3n) is 4.28. The normalized spacial score (nSPS) is 14.9. The molecule has 3 aromatic rings. The van der Waals surface area contributed by atoms with Gasteiger partial charge in [-0.3, -0.25) is 10.1 Å². The monoisotopic (exact) mass is 335 g/mol. The lowest BCUT2D eigenvalue weighted by Gasteiger charge is -2.15. The molecule has 25 heavy (non-hydrogen) atoms. The number of H-pyrrole nitrogens is 1. The van der Waals surface area contributed by atoms with Crippen molar-refractivity contribution in [2.45, 2.75) is 31.7 Å². The van der Waals surface area contributed by atoms with Gasteiger partial charge in [0.15, 0.2) is 11.6 Å². The average molecular weight is 335 g/mol. The zero-order valence-corrected chi connectivity index (χ0v) is 14.0. The van der Waals surface area contributed by atoms with Crippen LogP contribution < -0.4 is 16.4 Å². The van der Waals surface area contributed by atoms with Crippen molar-refractivity contribution in [1.29, 1.82) is 0 Å². The molecule has 4 rings (SSSR count). The highest BCUT2D eigenvalue weighted by Crippen LogP contribution is 2.39. The van der Waals surface area contributed by atoms with Gasteiger partial charge in [0.2, 0.25) is 0 Å². The van der Waals surface area contributed by atoms with Gasteiger partial charge in [-0.1, -0.05) is 6.07 Å². The Labute approximate surface area is 146 Å². The summed E-state index contributed by atoms with van der Waals surface area (Å²) in [5.74, 6) is 2.68. The topological polar surface area (TPSA) is 105 Å². The minimum atomic E-state index is 0.0389. The van der Waals surface area contributed by atoms with E-state index in [1.807, 2.05) is 43.3 Å². The molecule has 1 aliphatic rings. The van der Waals surface area contributed by atoms with E-state index in [-0.39, 0.29) is 6.04 Å². The molecule has 5 N–H and O–H groups in total. The molecule has 0 spiro atoms. The molecule has 1 fully saturated rings. The van der Waals surface area contributed by atoms with E-state index >= 15 is 0 Å². The van der Waals surface area contributed by atoms with E-state index in [9.17, 15) is 0 Å². The quantitative estimate of drug-likeness (QED) is 0.549. The second kappa shape index (κ2) is 6.43. The number of nitrogens with one attached hydrogen (secondary N) is 3. The number of aromatic amines is 1. The van der Waals surface area contributed by atoms with E-state index in [2.05, 4.69) is 30.8 Å². The SMILES string of the molecule is C[C@H](Nc1ccc(N)c(Nc2cc(C3CC3)[nH]n2)n1)c1ccccn1. The Balaban J connectivity index is 1.49. The third-order valence-corrected chi connectivity index (χ3v) is 4.28. The van der Waals surface area contributed by atoms with Gasteiger partial charge in [-0.2, -0.15) is 5.10 Å². The van der Waals surface area contributed by atoms with Crippen LogP contribution in [0.25, 0.3) is 0 Å². The van der Waals surface area contributed by atoms with Crippen LogP contribution in [0, 0.1) is 0 Å². The van der Waals surface area contributed by atoms with Crippen LogP contribution in [0.15, 0.2) is 42.6 Å². The van der Waals surface area contributed by atoms with Crippen molar-refractivity contribution < 1.29 is 0 Å². The van der Waals surface area contributed by atoms with Crippen LogP contribution in [0.5, 0.6) is 0 Å². The Kier molecular flexibility index (Phi) is 3.97. The molecule has 0 bridgehead atoms. The van der Waals surface area contributed by atoms with Crippen molar-refractivity contribution in [3.8, 4) is 0 Å². The minimum Gasteiger partial charge on any atom is -0.396 e. The molecule has 128 valence electrons. The Morgan fingerprint density at radius 1 is 1.20 bits per heavy atom. The van der Waals surface area contributed by atoms with Gasteiger partial charge < -0.3 is 16.4 Å². The first-order valence-corrected chi connectivity index (χ1v) is 8.45. The number of nitrogens with zero attached hydrogens (tertiary/aromatic N) is 3. The zero-order chi connectivity index (χ0) is 17.2. The highest BCUT2D eigenvalue weighted by Gasteiger charge is 2.25. The summed E-state index contributed by atoms with van der Waals surface area (Å²) < 4.78 is 0. The molecule has 7 heteroatoms. The van der Waals surface area contributed by atoms with Crippen molar-refractivity contribution in [3.63, 3.8) is 0 Å². The smallest absolute Gasteiger partial charge is 0.157 e. The molecule has 1 atom stereocenters. The molecule has 1 saturated carbocycles. The Morgan fingerprint density at radius 3 is 2.84 bits per heavy atom. The predicted octanol–water partition coefficient (Wildman–Crippen LogP) is 3.58. The number of anilines is 4. The van der Waals surface area contributed by atoms with Crippen molar-refractivity contribution in [3.05, 3.63) is 54.0 Å². The van der Waals surface area contributed by atoms with Crippen LogP contribution >= 0.6 is 0 Å². The van der Waals surface area contributed by atoms with E-state index in [4.69, 9.17) is 5.73 Å². The molecule has 1 aliphatic carbocycles. The van der Waals surface area contributed by atoms with Gasteiger partial charge in [-0.25, -0.2) is 4.98 Å². The summed E-state index contributed by atoms with van der Waals surface area (Å²) in [5, 5.41) is 13.9. The van der Waals surface area contributed by atoms with Gasteiger partial charge >= 0.3 is 0 Å². The predicted molar refractivity (Wildman–Crippen MR) is 98.8 cm³/mol. The maximum Gasteiger partial charge on any atom is 0.157 e. The summed E-state index contributed by atoms with van der Waals surface area (Å²) >= 11 is 0. The fraction of sp³-hybridized carbons (Fsp3) is 0.278. The summed E-state index contributed by atoms with van der Waals surface area (Å²) in [6.07, 6.45) is 4.24. The Morgan fingerprint density at radius 2 is 2.08 bits per heavy atom. The lowest BCUT2D eigenvalue weighted by molar-refractivity contribution is 0.832. The largest absolute Gasteiger partial charge is 0.396 e. The second-order valence-electron chi connectivity index (χ2n) is 6.36. The molecule has 0 saturated heterocycles. The Bertz CT molecular complexity index is 855. The number of nitrogen functional groups attached to an aromatic ring is 1. The van der Waals surface area contributed by atoms with E-state index in [0.29, 0.717) is 17.4 Å². The van der Waals surface area contributed by atoms with E-state index in [1.54, 1.807) is 6.20 Å². The molecule has 0 unspecified atom stereocenters. The molecule has 0 aromatic carbocycles. The molecular weight excluding hydrogens is 314 g/mol. The van der Waals surface area contributed by atoms with Crippen LogP contribution in [0.3, 0.4) is 0 Å². The van der Waals surface area contributed by atoms with E-state index in [0.717, 1.165) is 17.3 Å². The van der Waals surface area contributed by atoms with Crippen molar-refractivity contribution in [1.82, 2.24) is 20.2 Å². The van der Waals surface area contributed by atoms with Crippen molar-refractivity contribution in [2.24, 2.45) is 0 Å². The van der Waals surface area contributed by atoms with Gasteiger partial charge in [0.25, 0.3) is 0 Å². The summed E-state index contributed by atoms with van der Waals surface area (Å²) in [7, 11) is 0. The maximum absolute atomic E-state index is 6.06. The van der Waals surface area contributed by atoms with Gasteiger partial charge in [0, 0.05) is 23.9 Å². The maximum atomic E-state index is 6.06. The average Bonchev–Trinajstić information content (AvgIpc) is 3.38. The second-order valence-corrected chi connectivity index (χ2v) is 6.36. The van der Waals surface area contributed by atoms with Gasteiger partial charge in [-0.05, 0) is 44.0 Å². The fourth-order valence-electron chi connectivity index (χ4n) is 2.70. The van der Waals surface area contributed by atoms with E-state index < -0.39 is 0 Å². The van der Waals surface area contributed by atoms with E-state index in [1.165, 1.54) is 18.5 Å². The fourth-order valence-corrected chi connectivity index (χ4v) is 2.70. The summed E-state index contributed by atoms with van der Waals surface area (Å²) in [6, 6.07) is 11.6. The molecular formula is C18H21N7. The minimum absolute atomic E-state index is 0.0389. The standard InChI is InChI=1S/C18H21N7/c1-11(14-4-2-3-9-20-14)21-16-8-7-13(19)18(22-16)23-17-10-15(24-25-17)12-5-6-12/h2-4,7-12H,5-6,19H2,1H3,(H3,21,22,23,24,25)/t11-/m0/s1. The number of hydrogen-bond donors (Lipinski definition) is 4. The summed E-state index contributed by atoms with van der Waals surface area (Å²) in [6.45, 7) is 2.04. The lowest BCUT2D eigenvalue weighted by Crippen LogP contribution is -2.10. The molecule has 3 heterocycles. The lowest BCUT2D eigenvalue weighted by atomic mass is 10.2. The summed E-state index contributed by atoms with van der Waals surface area (Å²) in [5.41, 5.74) is 8.75. The van der Waals surface area contributed by atoms with Crippen LogP contribution in [-0.4, -0.2) is 20.2 Å². The summed E-state index contributed by atoms with van der Waals surface area (Å²) in [4.78, 5) is 8.94. The first-order chi connectivity index (χ1) is 12.2. The van der Waals surface area contributed by atoms with Gasteiger partial charge in [-0.15, -0.1) is 0 Å². The Hall–Kier alpha value is -3.09. The molecule has 0 aliphatic heterocycles.